The van der Waals surface area contributed by atoms with E-state index in [4.69, 9.17) is 16.3 Å². The zero-order valence-corrected chi connectivity index (χ0v) is 11.6. The van der Waals surface area contributed by atoms with E-state index >= 15 is 0 Å². The van der Waals surface area contributed by atoms with E-state index in [0.29, 0.717) is 0 Å². The highest BCUT2D eigenvalue weighted by atomic mass is 35.5. The van der Waals surface area contributed by atoms with E-state index in [1.807, 2.05) is 0 Å². The summed E-state index contributed by atoms with van der Waals surface area (Å²) in [5, 5.41) is 20.4. The molecule has 1 N–H and O–H groups in total. The summed E-state index contributed by atoms with van der Waals surface area (Å²) >= 11 is 6.51. The number of anilines is 1. The van der Waals surface area contributed by atoms with Gasteiger partial charge in [0, 0.05) is 6.07 Å². The van der Waals surface area contributed by atoms with Crippen LogP contribution in [-0.2, 0) is 0 Å². The quantitative estimate of drug-likeness (QED) is 0.685. The Labute approximate surface area is 121 Å². The monoisotopic (exact) mass is 314 g/mol. The van der Waals surface area contributed by atoms with Gasteiger partial charge in [0.2, 0.25) is 9.47 Å². The Kier molecular flexibility index (Phi) is 4.11. The van der Waals surface area contributed by atoms with Crippen LogP contribution in [-0.4, -0.2) is 28.1 Å². The van der Waals surface area contributed by atoms with E-state index in [2.05, 4.69) is 15.5 Å². The Hall–Kier alpha value is -2.26. The first kappa shape index (κ1) is 14.2. The molecule has 1 aromatic carbocycles. The molecule has 0 aliphatic heterocycles. The highest BCUT2D eigenvalue weighted by Crippen LogP contribution is 2.29. The van der Waals surface area contributed by atoms with Gasteiger partial charge >= 0.3 is 0 Å². The molecule has 0 radical (unpaired) electrons. The summed E-state index contributed by atoms with van der Waals surface area (Å²) in [5.74, 6) is -0.357. The van der Waals surface area contributed by atoms with E-state index in [0.717, 1.165) is 11.3 Å². The number of non-ortho nitro benzene ring substituents is 1. The smallest absolute Gasteiger partial charge is 0.286 e. The van der Waals surface area contributed by atoms with Crippen molar-refractivity contribution in [1.82, 2.24) is 10.2 Å². The summed E-state index contributed by atoms with van der Waals surface area (Å²) in [7, 11) is 1.34. The van der Waals surface area contributed by atoms with Crippen LogP contribution in [0.15, 0.2) is 18.2 Å². The number of nitrogens with zero attached hydrogens (tertiary/aromatic N) is 3. The van der Waals surface area contributed by atoms with Crippen molar-refractivity contribution in [2.45, 2.75) is 0 Å². The van der Waals surface area contributed by atoms with Crippen molar-refractivity contribution in [2.75, 3.05) is 12.4 Å². The lowest BCUT2D eigenvalue weighted by molar-refractivity contribution is -0.384. The second kappa shape index (κ2) is 5.80. The molecule has 0 unspecified atom stereocenters. The Morgan fingerprint density at radius 1 is 1.50 bits per heavy atom. The number of halogens is 1. The van der Waals surface area contributed by atoms with Crippen LogP contribution in [0, 0.1) is 10.1 Å². The molecule has 10 heteroatoms. The number of hydrogen-bond acceptors (Lipinski definition) is 7. The first-order valence-corrected chi connectivity index (χ1v) is 6.33. The van der Waals surface area contributed by atoms with Crippen LogP contribution in [0.3, 0.4) is 0 Å². The van der Waals surface area contributed by atoms with Crippen molar-refractivity contribution in [1.29, 1.82) is 0 Å². The number of nitrogens with one attached hydrogen (secondary N) is 1. The summed E-state index contributed by atoms with van der Waals surface area (Å²) in [6.45, 7) is 0. The summed E-state index contributed by atoms with van der Waals surface area (Å²) in [6, 6.07) is 3.84. The van der Waals surface area contributed by atoms with Crippen LogP contribution in [0.25, 0.3) is 0 Å². The third kappa shape index (κ3) is 3.00. The van der Waals surface area contributed by atoms with Crippen LogP contribution in [0.5, 0.6) is 5.75 Å². The van der Waals surface area contributed by atoms with Crippen molar-refractivity contribution < 1.29 is 14.5 Å². The lowest BCUT2D eigenvalue weighted by atomic mass is 10.2. The van der Waals surface area contributed by atoms with Crippen LogP contribution < -0.4 is 10.1 Å². The van der Waals surface area contributed by atoms with Gasteiger partial charge < -0.3 is 10.1 Å². The molecular formula is C10H7ClN4O4S. The molecule has 0 saturated heterocycles. The number of hydrogen-bond donors (Lipinski definition) is 1. The van der Waals surface area contributed by atoms with Crippen molar-refractivity contribution in [3.63, 3.8) is 0 Å². The van der Waals surface area contributed by atoms with Gasteiger partial charge in [0.15, 0.2) is 0 Å². The van der Waals surface area contributed by atoms with Crippen molar-refractivity contribution in [2.24, 2.45) is 0 Å². The van der Waals surface area contributed by atoms with Crippen LogP contribution in [0.1, 0.15) is 9.80 Å². The number of rotatable bonds is 4. The first-order valence-electron chi connectivity index (χ1n) is 5.14. The summed E-state index contributed by atoms with van der Waals surface area (Å²) in [5.41, 5.74) is 0.147. The van der Waals surface area contributed by atoms with E-state index in [1.54, 1.807) is 0 Å². The fraction of sp³-hybridized carbons (Fsp3) is 0.100. The predicted octanol–water partition coefficient (Wildman–Crippen LogP) is 2.36. The standard InChI is InChI=1S/C10H7ClN4O4S/c1-19-7-4-5(15(17)18)2-3-6(7)12-8(16)9-13-14-10(11)20-9/h2-4H,1H3,(H,12,16). The largest absolute Gasteiger partial charge is 0.494 e. The maximum Gasteiger partial charge on any atom is 0.286 e. The maximum absolute atomic E-state index is 11.9. The Balaban J connectivity index is 2.25. The van der Waals surface area contributed by atoms with Gasteiger partial charge in [-0.15, -0.1) is 10.2 Å². The van der Waals surface area contributed by atoms with Gasteiger partial charge in [0.25, 0.3) is 11.6 Å². The average Bonchev–Trinajstić information content (AvgIpc) is 2.85. The van der Waals surface area contributed by atoms with Gasteiger partial charge in [0.05, 0.1) is 23.8 Å². The van der Waals surface area contributed by atoms with E-state index in [9.17, 15) is 14.9 Å². The molecule has 1 aromatic heterocycles. The number of amides is 1. The number of nitro benzene ring substituents is 1. The SMILES string of the molecule is COc1cc([N+](=O)[O-])ccc1NC(=O)c1nnc(Cl)s1. The summed E-state index contributed by atoms with van der Waals surface area (Å²) < 4.78 is 5.14. The normalized spacial score (nSPS) is 10.1. The molecule has 104 valence electrons. The third-order valence-electron chi connectivity index (χ3n) is 2.24. The second-order valence-electron chi connectivity index (χ2n) is 3.46. The zero-order valence-electron chi connectivity index (χ0n) is 9.99. The molecule has 8 nitrogen and oxygen atoms in total. The number of benzene rings is 1. The molecule has 0 spiro atoms. The predicted molar refractivity (Wildman–Crippen MR) is 72.5 cm³/mol. The number of ether oxygens (including phenoxy) is 1. The van der Waals surface area contributed by atoms with Gasteiger partial charge in [0.1, 0.15) is 5.75 Å². The van der Waals surface area contributed by atoms with Crippen molar-refractivity contribution >= 4 is 40.2 Å². The number of carbonyl (C=O) groups excluding carboxylic acids is 1. The van der Waals surface area contributed by atoms with Gasteiger partial charge in [-0.25, -0.2) is 0 Å². The molecule has 0 aliphatic carbocycles. The summed E-state index contributed by atoms with van der Waals surface area (Å²) in [4.78, 5) is 22.0. The molecule has 2 rings (SSSR count). The highest BCUT2D eigenvalue weighted by molar-refractivity contribution is 7.17. The van der Waals surface area contributed by atoms with Gasteiger partial charge in [-0.1, -0.05) is 11.3 Å². The lowest BCUT2D eigenvalue weighted by Gasteiger charge is -2.08. The number of nitro groups is 1. The number of aromatic nitrogens is 2. The molecule has 0 atom stereocenters. The second-order valence-corrected chi connectivity index (χ2v) is 5.02. The molecule has 1 amide bonds. The van der Waals surface area contributed by atoms with E-state index in [1.165, 1.54) is 25.3 Å². The topological polar surface area (TPSA) is 107 Å². The number of carbonyl (C=O) groups is 1. The number of methoxy groups -OCH3 is 1. The fourth-order valence-electron chi connectivity index (χ4n) is 1.37. The fourth-order valence-corrected chi connectivity index (χ4v) is 2.09. The Morgan fingerprint density at radius 3 is 2.80 bits per heavy atom. The minimum absolute atomic E-state index is 0.0791. The summed E-state index contributed by atoms with van der Waals surface area (Å²) in [6.07, 6.45) is 0. The lowest BCUT2D eigenvalue weighted by Crippen LogP contribution is -2.12. The molecule has 20 heavy (non-hydrogen) atoms. The van der Waals surface area contributed by atoms with Crippen molar-refractivity contribution in [3.05, 3.63) is 37.8 Å². The molecule has 0 bridgehead atoms. The molecule has 0 fully saturated rings. The molecule has 0 saturated carbocycles. The van der Waals surface area contributed by atoms with Crippen molar-refractivity contribution in [3.8, 4) is 5.75 Å². The van der Waals surface area contributed by atoms with E-state index < -0.39 is 10.8 Å². The van der Waals surface area contributed by atoms with Crippen LogP contribution in [0.2, 0.25) is 4.47 Å². The Morgan fingerprint density at radius 2 is 2.25 bits per heavy atom. The molecule has 1 heterocycles. The van der Waals surface area contributed by atoms with Gasteiger partial charge in [-0.05, 0) is 17.7 Å². The molecular weight excluding hydrogens is 308 g/mol. The van der Waals surface area contributed by atoms with Crippen LogP contribution in [0.4, 0.5) is 11.4 Å². The Bertz CT molecular complexity index is 675. The van der Waals surface area contributed by atoms with Gasteiger partial charge in [-0.2, -0.15) is 0 Å². The average molecular weight is 315 g/mol. The first-order chi connectivity index (χ1) is 9.51. The molecule has 2 aromatic rings. The minimum Gasteiger partial charge on any atom is -0.494 e. The van der Waals surface area contributed by atoms with Gasteiger partial charge in [-0.3, -0.25) is 14.9 Å². The van der Waals surface area contributed by atoms with E-state index in [-0.39, 0.29) is 26.6 Å². The third-order valence-corrected chi connectivity index (χ3v) is 3.26. The molecule has 0 aliphatic rings. The zero-order chi connectivity index (χ0) is 14.7. The minimum atomic E-state index is -0.557. The highest BCUT2D eigenvalue weighted by Gasteiger charge is 2.16. The maximum atomic E-state index is 11.9. The van der Waals surface area contributed by atoms with Crippen LogP contribution >= 0.6 is 22.9 Å².